The molecule has 1 atom stereocenters. The highest BCUT2D eigenvalue weighted by molar-refractivity contribution is 5.66. The van der Waals surface area contributed by atoms with Gasteiger partial charge in [-0.3, -0.25) is 20.2 Å². The third kappa shape index (κ3) is 3.06. The predicted octanol–water partition coefficient (Wildman–Crippen LogP) is 3.02. The molecule has 0 spiro atoms. The molecule has 1 aliphatic carbocycles. The summed E-state index contributed by atoms with van der Waals surface area (Å²) in [5.74, 6) is 0. The number of hydrogen-bond donors (Lipinski definition) is 1. The zero-order chi connectivity index (χ0) is 13.8. The minimum atomic E-state index is -0.642. The van der Waals surface area contributed by atoms with Gasteiger partial charge in [0.15, 0.2) is 0 Å². The lowest BCUT2D eigenvalue weighted by molar-refractivity contribution is -0.393. The highest BCUT2D eigenvalue weighted by Gasteiger charge is 2.21. The van der Waals surface area contributed by atoms with Gasteiger partial charge in [0.05, 0.1) is 15.9 Å². The van der Waals surface area contributed by atoms with Crippen LogP contribution in [0.2, 0.25) is 0 Å². The van der Waals surface area contributed by atoms with Crippen LogP contribution in [-0.4, -0.2) is 15.9 Å². The molecular formula is C12H13N3O4. The van der Waals surface area contributed by atoms with E-state index in [0.717, 1.165) is 25.3 Å². The summed E-state index contributed by atoms with van der Waals surface area (Å²) in [5.41, 5.74) is -0.239. The molecule has 1 N–H and O–H groups in total. The summed E-state index contributed by atoms with van der Waals surface area (Å²) < 4.78 is 0. The molecule has 1 unspecified atom stereocenters. The number of allylic oxidation sites excluding steroid dienone is 1. The molecule has 100 valence electrons. The molecule has 19 heavy (non-hydrogen) atoms. The second-order valence-corrected chi connectivity index (χ2v) is 4.33. The normalized spacial score (nSPS) is 18.0. The average molecular weight is 263 g/mol. The summed E-state index contributed by atoms with van der Waals surface area (Å²) in [6, 6.07) is 3.67. The molecule has 1 aliphatic rings. The Bertz CT molecular complexity index is 542. The number of anilines is 1. The molecule has 7 nitrogen and oxygen atoms in total. The number of benzene rings is 1. The van der Waals surface area contributed by atoms with E-state index in [9.17, 15) is 20.2 Å². The van der Waals surface area contributed by atoms with E-state index in [-0.39, 0.29) is 17.4 Å². The van der Waals surface area contributed by atoms with Crippen molar-refractivity contribution in [3.05, 3.63) is 50.6 Å². The fourth-order valence-electron chi connectivity index (χ4n) is 2.04. The van der Waals surface area contributed by atoms with Gasteiger partial charge < -0.3 is 5.32 Å². The van der Waals surface area contributed by atoms with E-state index in [4.69, 9.17) is 0 Å². The van der Waals surface area contributed by atoms with E-state index in [1.165, 1.54) is 12.1 Å². The number of nitrogens with zero attached hydrogens (tertiary/aromatic N) is 2. The lowest BCUT2D eigenvalue weighted by Gasteiger charge is -2.18. The van der Waals surface area contributed by atoms with Crippen LogP contribution in [0.3, 0.4) is 0 Å². The van der Waals surface area contributed by atoms with Crippen molar-refractivity contribution in [1.29, 1.82) is 0 Å². The van der Waals surface area contributed by atoms with Crippen molar-refractivity contribution in [2.24, 2.45) is 0 Å². The fraction of sp³-hybridized carbons (Fsp3) is 0.333. The first kappa shape index (κ1) is 13.0. The third-order valence-corrected chi connectivity index (χ3v) is 2.98. The van der Waals surface area contributed by atoms with Crippen LogP contribution in [0.5, 0.6) is 0 Å². The zero-order valence-electron chi connectivity index (χ0n) is 10.1. The van der Waals surface area contributed by atoms with Crippen LogP contribution in [0.15, 0.2) is 30.4 Å². The van der Waals surface area contributed by atoms with Crippen molar-refractivity contribution in [3.63, 3.8) is 0 Å². The molecule has 0 saturated heterocycles. The molecule has 0 aromatic heterocycles. The Balaban J connectivity index is 2.28. The van der Waals surface area contributed by atoms with Crippen LogP contribution < -0.4 is 5.32 Å². The molecule has 1 aromatic carbocycles. The highest BCUT2D eigenvalue weighted by Crippen LogP contribution is 2.30. The first-order chi connectivity index (χ1) is 9.08. The van der Waals surface area contributed by atoms with Gasteiger partial charge in [-0.25, -0.2) is 0 Å². The molecule has 0 aliphatic heterocycles. The quantitative estimate of drug-likeness (QED) is 0.511. The Kier molecular flexibility index (Phi) is 3.74. The maximum absolute atomic E-state index is 11.0. The van der Waals surface area contributed by atoms with Gasteiger partial charge >= 0.3 is 0 Å². The van der Waals surface area contributed by atoms with E-state index in [0.29, 0.717) is 5.69 Å². The molecule has 0 saturated carbocycles. The maximum atomic E-state index is 11.0. The molecule has 0 radical (unpaired) electrons. The summed E-state index contributed by atoms with van der Waals surface area (Å²) in [4.78, 5) is 20.3. The lowest BCUT2D eigenvalue weighted by atomic mass is 10.0. The van der Waals surface area contributed by atoms with Crippen molar-refractivity contribution < 1.29 is 9.85 Å². The van der Waals surface area contributed by atoms with Gasteiger partial charge in [0.25, 0.3) is 11.4 Å². The SMILES string of the molecule is O=[N+]([O-])c1ccc(NC2C=CCCC2)c([N+](=O)[O-])c1. The second-order valence-electron chi connectivity index (χ2n) is 4.33. The largest absolute Gasteiger partial charge is 0.373 e. The Hall–Kier alpha value is -2.44. The van der Waals surface area contributed by atoms with E-state index in [1.54, 1.807) is 0 Å². The minimum absolute atomic E-state index is 0.0360. The molecule has 0 amide bonds. The summed E-state index contributed by atoms with van der Waals surface area (Å²) >= 11 is 0. The summed E-state index contributed by atoms with van der Waals surface area (Å²) in [5, 5.41) is 24.6. The Morgan fingerprint density at radius 3 is 2.58 bits per heavy atom. The van der Waals surface area contributed by atoms with Crippen molar-refractivity contribution in [3.8, 4) is 0 Å². The summed E-state index contributed by atoms with van der Waals surface area (Å²) in [6.07, 6.45) is 6.92. The molecule has 1 aromatic rings. The standard InChI is InChI=1S/C12H13N3O4/c16-14(17)10-6-7-11(12(8-10)15(18)19)13-9-4-2-1-3-5-9/h2,4,6-9,13H,1,3,5H2. The van der Waals surface area contributed by atoms with Crippen LogP contribution in [0.4, 0.5) is 17.1 Å². The molecule has 7 heteroatoms. The van der Waals surface area contributed by atoms with E-state index >= 15 is 0 Å². The number of nitrogens with one attached hydrogen (secondary N) is 1. The number of non-ortho nitro benzene ring substituents is 1. The van der Waals surface area contributed by atoms with Gasteiger partial charge in [-0.15, -0.1) is 0 Å². The topological polar surface area (TPSA) is 98.3 Å². The average Bonchev–Trinajstić information content (AvgIpc) is 2.39. The Morgan fingerprint density at radius 2 is 2.00 bits per heavy atom. The highest BCUT2D eigenvalue weighted by atomic mass is 16.6. The first-order valence-electron chi connectivity index (χ1n) is 5.94. The van der Waals surface area contributed by atoms with Crippen LogP contribution in [0.25, 0.3) is 0 Å². The predicted molar refractivity (Wildman–Crippen MR) is 70.2 cm³/mol. The number of nitro groups is 2. The van der Waals surface area contributed by atoms with Gasteiger partial charge in [-0.1, -0.05) is 12.2 Å². The number of nitro benzene ring substituents is 2. The number of rotatable bonds is 4. The van der Waals surface area contributed by atoms with Gasteiger partial charge in [0.1, 0.15) is 5.69 Å². The van der Waals surface area contributed by atoms with Gasteiger partial charge in [0, 0.05) is 12.1 Å². The Labute approximate surface area is 109 Å². The van der Waals surface area contributed by atoms with Gasteiger partial charge in [0.2, 0.25) is 0 Å². The molecule has 0 fully saturated rings. The van der Waals surface area contributed by atoms with Crippen molar-refractivity contribution in [2.45, 2.75) is 25.3 Å². The Morgan fingerprint density at radius 1 is 1.21 bits per heavy atom. The maximum Gasteiger partial charge on any atom is 0.299 e. The second kappa shape index (κ2) is 5.47. The lowest BCUT2D eigenvalue weighted by Crippen LogP contribution is -2.19. The smallest absolute Gasteiger partial charge is 0.299 e. The van der Waals surface area contributed by atoms with Gasteiger partial charge in [-0.05, 0) is 25.3 Å². The van der Waals surface area contributed by atoms with Crippen LogP contribution >= 0.6 is 0 Å². The van der Waals surface area contributed by atoms with Crippen molar-refractivity contribution >= 4 is 17.1 Å². The first-order valence-corrected chi connectivity index (χ1v) is 5.94. The van der Waals surface area contributed by atoms with E-state index < -0.39 is 9.85 Å². The summed E-state index contributed by atoms with van der Waals surface area (Å²) in [7, 11) is 0. The van der Waals surface area contributed by atoms with Crippen LogP contribution in [0.1, 0.15) is 19.3 Å². The van der Waals surface area contributed by atoms with Crippen LogP contribution in [-0.2, 0) is 0 Å². The van der Waals surface area contributed by atoms with E-state index in [1.807, 2.05) is 12.2 Å². The third-order valence-electron chi connectivity index (χ3n) is 2.98. The molecule has 0 bridgehead atoms. The molecular weight excluding hydrogens is 250 g/mol. The fourth-order valence-corrected chi connectivity index (χ4v) is 2.04. The monoisotopic (exact) mass is 263 g/mol. The molecule has 0 heterocycles. The zero-order valence-corrected chi connectivity index (χ0v) is 10.1. The minimum Gasteiger partial charge on any atom is -0.373 e. The number of hydrogen-bond acceptors (Lipinski definition) is 5. The molecule has 2 rings (SSSR count). The van der Waals surface area contributed by atoms with Crippen LogP contribution in [0, 0.1) is 20.2 Å². The summed E-state index contributed by atoms with van der Waals surface area (Å²) in [6.45, 7) is 0. The van der Waals surface area contributed by atoms with E-state index in [2.05, 4.69) is 5.32 Å². The van der Waals surface area contributed by atoms with Gasteiger partial charge in [-0.2, -0.15) is 0 Å². The van der Waals surface area contributed by atoms with Crippen molar-refractivity contribution in [2.75, 3.05) is 5.32 Å². The van der Waals surface area contributed by atoms with Crippen molar-refractivity contribution in [1.82, 2.24) is 0 Å².